The summed E-state index contributed by atoms with van der Waals surface area (Å²) in [6.45, 7) is 0. The smallest absolute Gasteiger partial charge is 0.222 e. The number of aromatic nitrogens is 1. The molecule has 0 atom stereocenters. The molecule has 0 unspecified atom stereocenters. The molecule has 0 aliphatic heterocycles. The summed E-state index contributed by atoms with van der Waals surface area (Å²) in [6, 6.07) is 3.64. The Balaban J connectivity index is 2.63. The lowest BCUT2D eigenvalue weighted by atomic mass is 10.1. The zero-order chi connectivity index (χ0) is 12.6. The third-order valence-electron chi connectivity index (χ3n) is 2.32. The number of halogens is 2. The molecule has 0 saturated carbocycles. The van der Waals surface area contributed by atoms with Crippen molar-refractivity contribution in [3.8, 4) is 11.3 Å². The lowest BCUT2D eigenvalue weighted by Crippen LogP contribution is -2.11. The molecule has 4 nitrogen and oxygen atoms in total. The predicted molar refractivity (Wildman–Crippen MR) is 60.6 cm³/mol. The molecule has 2 N–H and O–H groups in total. The number of hydrogen-bond acceptors (Lipinski definition) is 4. The molecule has 6 heteroatoms. The van der Waals surface area contributed by atoms with Crippen LogP contribution in [0.5, 0.6) is 0 Å². The van der Waals surface area contributed by atoms with Gasteiger partial charge >= 0.3 is 0 Å². The summed E-state index contributed by atoms with van der Waals surface area (Å²) in [6.07, 6.45) is 0. The van der Waals surface area contributed by atoms with E-state index in [2.05, 4.69) is 5.16 Å². The van der Waals surface area contributed by atoms with Crippen molar-refractivity contribution in [2.24, 2.45) is 0 Å². The Hall–Kier alpha value is -2.11. The molecule has 0 amide bonds. The van der Waals surface area contributed by atoms with Gasteiger partial charge in [-0.3, -0.25) is 0 Å². The highest BCUT2D eigenvalue weighted by molar-refractivity contribution is 5.77. The molecule has 0 fully saturated rings. The Bertz CT molecular complexity index is 552. The molecule has 0 aliphatic rings. The lowest BCUT2D eigenvalue weighted by Gasteiger charge is -2.16. The normalized spacial score (nSPS) is 10.6. The maximum atomic E-state index is 13.2. The second kappa shape index (κ2) is 4.04. The molecule has 0 radical (unpaired) electrons. The first-order valence-corrected chi connectivity index (χ1v) is 4.88. The van der Waals surface area contributed by atoms with Gasteiger partial charge in [-0.1, -0.05) is 5.16 Å². The van der Waals surface area contributed by atoms with Gasteiger partial charge in [0.1, 0.15) is 5.69 Å². The van der Waals surface area contributed by atoms with Crippen LogP contribution in [0, 0.1) is 11.6 Å². The first-order valence-electron chi connectivity index (χ1n) is 4.88. The highest BCUT2D eigenvalue weighted by atomic mass is 19.2. The number of anilines is 2. The minimum absolute atomic E-state index is 0.120. The molecular formula is C11H11F2N3O. The van der Waals surface area contributed by atoms with Gasteiger partial charge in [-0.2, -0.15) is 0 Å². The molecule has 0 bridgehead atoms. The molecular weight excluding hydrogens is 228 g/mol. The Morgan fingerprint density at radius 3 is 2.35 bits per heavy atom. The van der Waals surface area contributed by atoms with Crippen LogP contribution < -0.4 is 10.6 Å². The Morgan fingerprint density at radius 2 is 1.82 bits per heavy atom. The molecule has 0 spiro atoms. The minimum Gasteiger partial charge on any atom is -0.377 e. The molecule has 90 valence electrons. The second-order valence-electron chi connectivity index (χ2n) is 3.79. The summed E-state index contributed by atoms with van der Waals surface area (Å²) in [4.78, 5) is 1.66. The van der Waals surface area contributed by atoms with Gasteiger partial charge in [0.25, 0.3) is 0 Å². The molecule has 17 heavy (non-hydrogen) atoms. The second-order valence-corrected chi connectivity index (χ2v) is 3.79. The summed E-state index contributed by atoms with van der Waals surface area (Å²) in [7, 11) is 3.44. The van der Waals surface area contributed by atoms with E-state index in [1.54, 1.807) is 19.0 Å². The van der Waals surface area contributed by atoms with Gasteiger partial charge in [-0.25, -0.2) is 8.78 Å². The fraction of sp³-hybridized carbons (Fsp3) is 0.182. The van der Waals surface area contributed by atoms with Gasteiger partial charge in [0.15, 0.2) is 11.6 Å². The Labute approximate surface area is 96.6 Å². The van der Waals surface area contributed by atoms with Crippen molar-refractivity contribution >= 4 is 11.6 Å². The third-order valence-corrected chi connectivity index (χ3v) is 2.32. The van der Waals surface area contributed by atoms with E-state index in [1.807, 2.05) is 0 Å². The number of nitrogens with zero attached hydrogens (tertiary/aromatic N) is 2. The van der Waals surface area contributed by atoms with Gasteiger partial charge in [0.2, 0.25) is 5.88 Å². The Kier molecular flexibility index (Phi) is 2.71. The minimum atomic E-state index is -0.938. The van der Waals surface area contributed by atoms with E-state index in [1.165, 1.54) is 6.07 Å². The van der Waals surface area contributed by atoms with Gasteiger partial charge in [-0.15, -0.1) is 0 Å². The summed E-state index contributed by atoms with van der Waals surface area (Å²) in [5, 5.41) is 3.68. The Morgan fingerprint density at radius 1 is 1.18 bits per heavy atom. The van der Waals surface area contributed by atoms with Crippen LogP contribution >= 0.6 is 0 Å². The quantitative estimate of drug-likeness (QED) is 0.873. The van der Waals surface area contributed by atoms with E-state index in [4.69, 9.17) is 10.3 Å². The van der Waals surface area contributed by atoms with Crippen molar-refractivity contribution in [3.05, 3.63) is 29.8 Å². The van der Waals surface area contributed by atoms with E-state index in [-0.39, 0.29) is 5.88 Å². The third kappa shape index (κ3) is 2.06. The number of rotatable bonds is 2. The molecule has 1 aromatic heterocycles. The molecule has 1 aromatic carbocycles. The first-order chi connectivity index (χ1) is 7.99. The van der Waals surface area contributed by atoms with Crippen LogP contribution in [0.4, 0.5) is 20.4 Å². The van der Waals surface area contributed by atoms with Crippen molar-refractivity contribution in [1.82, 2.24) is 5.16 Å². The van der Waals surface area contributed by atoms with Crippen LogP contribution in [0.3, 0.4) is 0 Å². The van der Waals surface area contributed by atoms with E-state index >= 15 is 0 Å². The van der Waals surface area contributed by atoms with E-state index in [0.717, 1.165) is 12.1 Å². The van der Waals surface area contributed by atoms with Crippen molar-refractivity contribution in [3.63, 3.8) is 0 Å². The molecule has 2 rings (SSSR count). The summed E-state index contributed by atoms with van der Waals surface area (Å²) < 4.78 is 31.1. The largest absolute Gasteiger partial charge is 0.377 e. The van der Waals surface area contributed by atoms with E-state index in [0.29, 0.717) is 16.9 Å². The topological polar surface area (TPSA) is 55.3 Å². The van der Waals surface area contributed by atoms with Crippen LogP contribution in [-0.4, -0.2) is 19.3 Å². The van der Waals surface area contributed by atoms with E-state index in [9.17, 15) is 8.78 Å². The zero-order valence-electron chi connectivity index (χ0n) is 9.37. The van der Waals surface area contributed by atoms with Crippen LogP contribution in [0.25, 0.3) is 11.3 Å². The summed E-state index contributed by atoms with van der Waals surface area (Å²) in [5.74, 6) is -1.73. The van der Waals surface area contributed by atoms with E-state index < -0.39 is 11.6 Å². The summed E-state index contributed by atoms with van der Waals surface area (Å²) >= 11 is 0. The molecule has 0 saturated heterocycles. The number of benzene rings is 1. The highest BCUT2D eigenvalue weighted by Crippen LogP contribution is 2.31. The van der Waals surface area contributed by atoms with Crippen molar-refractivity contribution in [1.29, 1.82) is 0 Å². The number of nitrogen functional groups attached to an aromatic ring is 1. The predicted octanol–water partition coefficient (Wildman–Crippen LogP) is 2.27. The fourth-order valence-corrected chi connectivity index (χ4v) is 1.53. The van der Waals surface area contributed by atoms with Crippen molar-refractivity contribution in [2.45, 2.75) is 0 Å². The number of nitrogens with two attached hydrogens (primary N) is 1. The maximum Gasteiger partial charge on any atom is 0.222 e. The van der Waals surface area contributed by atoms with Crippen molar-refractivity contribution in [2.75, 3.05) is 24.7 Å². The van der Waals surface area contributed by atoms with Crippen molar-refractivity contribution < 1.29 is 13.3 Å². The van der Waals surface area contributed by atoms with Crippen LogP contribution in [0.1, 0.15) is 0 Å². The average Bonchev–Trinajstić information content (AvgIpc) is 2.68. The fourth-order valence-electron chi connectivity index (χ4n) is 1.53. The lowest BCUT2D eigenvalue weighted by molar-refractivity contribution is 0.439. The maximum absolute atomic E-state index is 13.2. The monoisotopic (exact) mass is 239 g/mol. The van der Waals surface area contributed by atoms with Gasteiger partial charge in [0.05, 0.1) is 0 Å². The average molecular weight is 239 g/mol. The highest BCUT2D eigenvalue weighted by Gasteiger charge is 2.15. The van der Waals surface area contributed by atoms with Crippen LogP contribution in [0.2, 0.25) is 0 Å². The van der Waals surface area contributed by atoms with Gasteiger partial charge in [-0.05, 0) is 6.07 Å². The number of hydrogen-bond donors (Lipinski definition) is 1. The van der Waals surface area contributed by atoms with Gasteiger partial charge < -0.3 is 15.2 Å². The van der Waals surface area contributed by atoms with Crippen LogP contribution in [0.15, 0.2) is 22.7 Å². The first kappa shape index (κ1) is 11.4. The zero-order valence-corrected chi connectivity index (χ0v) is 9.37. The molecule has 1 heterocycles. The molecule has 0 aliphatic carbocycles. The molecule has 2 aromatic rings. The van der Waals surface area contributed by atoms with Gasteiger partial charge in [0, 0.05) is 37.5 Å². The summed E-state index contributed by atoms with van der Waals surface area (Å²) in [5.41, 5.74) is 6.69. The SMILES string of the molecule is CN(C)c1cc(F)c(F)cc1-c1cc(N)on1. The standard InChI is InChI=1S/C11H11F2N3O/c1-16(2)10-4-8(13)7(12)3-6(10)9-5-11(14)17-15-9/h3-5H,14H2,1-2H3. The van der Waals surface area contributed by atoms with Crippen LogP contribution in [-0.2, 0) is 0 Å².